The van der Waals surface area contributed by atoms with Crippen molar-refractivity contribution < 1.29 is 19.2 Å². The van der Waals surface area contributed by atoms with Gasteiger partial charge in [-0.1, -0.05) is 18.2 Å². The zero-order valence-electron chi connectivity index (χ0n) is 6.88. The SMILES string of the molecule is O=C(OC(=O)[N+](=O)[O-])c1ccccc1. The van der Waals surface area contributed by atoms with Gasteiger partial charge in [-0.3, -0.25) is 10.1 Å². The van der Waals surface area contributed by atoms with Crippen LogP contribution in [0.25, 0.3) is 0 Å². The van der Waals surface area contributed by atoms with Crippen LogP contribution in [0.3, 0.4) is 0 Å². The third-order valence-corrected chi connectivity index (χ3v) is 1.34. The predicted octanol–water partition coefficient (Wildman–Crippen LogP) is 1.24. The highest BCUT2D eigenvalue weighted by Crippen LogP contribution is 2.01. The minimum atomic E-state index is -1.78. The molecule has 0 radical (unpaired) electrons. The number of nitro groups is 1. The van der Waals surface area contributed by atoms with E-state index in [9.17, 15) is 19.7 Å². The van der Waals surface area contributed by atoms with Crippen LogP contribution in [0.1, 0.15) is 10.4 Å². The molecule has 1 aromatic carbocycles. The topological polar surface area (TPSA) is 86.5 Å². The molecule has 0 heterocycles. The quantitative estimate of drug-likeness (QED) is 0.291. The normalized spacial score (nSPS) is 9.14. The van der Waals surface area contributed by atoms with Crippen LogP contribution in [-0.2, 0) is 4.74 Å². The van der Waals surface area contributed by atoms with Crippen molar-refractivity contribution in [1.29, 1.82) is 0 Å². The molecule has 6 heteroatoms. The minimum Gasteiger partial charge on any atom is -0.329 e. The summed E-state index contributed by atoms with van der Waals surface area (Å²) in [5.74, 6) is -1.03. The van der Waals surface area contributed by atoms with Crippen LogP contribution in [0.5, 0.6) is 0 Å². The number of hydrogen-bond donors (Lipinski definition) is 0. The molecule has 72 valence electrons. The van der Waals surface area contributed by atoms with Gasteiger partial charge in [-0.15, -0.1) is 0 Å². The second-order valence-corrected chi connectivity index (χ2v) is 2.28. The Morgan fingerprint density at radius 2 is 1.79 bits per heavy atom. The molecule has 0 saturated carbocycles. The number of benzene rings is 1. The lowest BCUT2D eigenvalue weighted by Crippen LogP contribution is -2.18. The van der Waals surface area contributed by atoms with Crippen molar-refractivity contribution in [2.75, 3.05) is 0 Å². The maximum atomic E-state index is 11.0. The van der Waals surface area contributed by atoms with Crippen molar-refractivity contribution in [2.45, 2.75) is 0 Å². The molecule has 0 N–H and O–H groups in total. The summed E-state index contributed by atoms with van der Waals surface area (Å²) in [5, 5.41) is 9.84. The van der Waals surface area contributed by atoms with Gasteiger partial charge in [0.2, 0.25) is 0 Å². The van der Waals surface area contributed by atoms with Crippen LogP contribution in [0.4, 0.5) is 4.79 Å². The van der Waals surface area contributed by atoms with Crippen molar-refractivity contribution in [1.82, 2.24) is 0 Å². The molecule has 0 atom stereocenters. The van der Waals surface area contributed by atoms with Crippen LogP contribution in [-0.4, -0.2) is 17.0 Å². The van der Waals surface area contributed by atoms with Gasteiger partial charge in [0.25, 0.3) is 0 Å². The monoisotopic (exact) mass is 195 g/mol. The van der Waals surface area contributed by atoms with Crippen molar-refractivity contribution in [2.24, 2.45) is 0 Å². The van der Waals surface area contributed by atoms with Crippen LogP contribution in [0.15, 0.2) is 30.3 Å². The number of amides is 1. The van der Waals surface area contributed by atoms with E-state index in [0.717, 1.165) is 0 Å². The largest absolute Gasteiger partial charge is 0.664 e. The molecule has 6 nitrogen and oxygen atoms in total. The Labute approximate surface area is 78.3 Å². The smallest absolute Gasteiger partial charge is 0.329 e. The first-order valence-corrected chi connectivity index (χ1v) is 3.57. The van der Waals surface area contributed by atoms with Gasteiger partial charge in [0.15, 0.2) is 0 Å². The summed E-state index contributed by atoms with van der Waals surface area (Å²) in [7, 11) is 0. The Kier molecular flexibility index (Phi) is 2.90. The Hall–Kier alpha value is -2.24. The second kappa shape index (κ2) is 4.13. The second-order valence-electron chi connectivity index (χ2n) is 2.28. The van der Waals surface area contributed by atoms with Crippen molar-refractivity contribution in [3.05, 3.63) is 46.0 Å². The van der Waals surface area contributed by atoms with Gasteiger partial charge in [-0.05, 0) is 12.1 Å². The molecule has 0 spiro atoms. The molecular weight excluding hydrogens is 190 g/mol. The number of nitrogens with zero attached hydrogens (tertiary/aromatic N) is 1. The van der Waals surface area contributed by atoms with Gasteiger partial charge >= 0.3 is 12.1 Å². The molecule has 14 heavy (non-hydrogen) atoms. The van der Waals surface area contributed by atoms with E-state index in [1.165, 1.54) is 12.1 Å². The highest BCUT2D eigenvalue weighted by molar-refractivity contribution is 5.94. The number of esters is 1. The van der Waals surface area contributed by atoms with E-state index in [4.69, 9.17) is 0 Å². The third-order valence-electron chi connectivity index (χ3n) is 1.34. The molecule has 0 saturated heterocycles. The lowest BCUT2D eigenvalue weighted by atomic mass is 10.2. The first-order chi connectivity index (χ1) is 6.61. The van der Waals surface area contributed by atoms with E-state index >= 15 is 0 Å². The number of carbonyl (C=O) groups is 2. The molecule has 1 aromatic rings. The Balaban J connectivity index is 2.69. The van der Waals surface area contributed by atoms with Gasteiger partial charge < -0.3 is 4.74 Å². The molecule has 1 rings (SSSR count). The molecule has 0 aliphatic carbocycles. The first-order valence-electron chi connectivity index (χ1n) is 3.57. The Bertz CT molecular complexity index is 373. The number of rotatable bonds is 1. The van der Waals surface area contributed by atoms with E-state index in [1.54, 1.807) is 18.2 Å². The van der Waals surface area contributed by atoms with Crippen LogP contribution in [0, 0.1) is 10.1 Å². The van der Waals surface area contributed by atoms with E-state index < -0.39 is 17.0 Å². The summed E-state index contributed by atoms with van der Waals surface area (Å²) < 4.78 is 3.92. The van der Waals surface area contributed by atoms with Gasteiger partial charge in [-0.25, -0.2) is 4.79 Å². The molecule has 0 fully saturated rings. The zero-order valence-corrected chi connectivity index (χ0v) is 6.88. The number of carbonyl (C=O) groups excluding carboxylic acids is 2. The lowest BCUT2D eigenvalue weighted by molar-refractivity contribution is -0.391. The van der Waals surface area contributed by atoms with Crippen molar-refractivity contribution in [3.63, 3.8) is 0 Å². The summed E-state index contributed by atoms with van der Waals surface area (Å²) in [4.78, 5) is 29.9. The van der Waals surface area contributed by atoms with Crippen LogP contribution in [0.2, 0.25) is 0 Å². The summed E-state index contributed by atoms with van der Waals surface area (Å²) in [6.45, 7) is 0. The van der Waals surface area contributed by atoms with Gasteiger partial charge in [0.1, 0.15) is 4.92 Å². The van der Waals surface area contributed by atoms with E-state index in [0.29, 0.717) is 0 Å². The summed E-state index contributed by atoms with van der Waals surface area (Å²) in [5.41, 5.74) is 0.0858. The fraction of sp³-hybridized carbons (Fsp3) is 0. The van der Waals surface area contributed by atoms with Crippen LogP contribution < -0.4 is 0 Å². The van der Waals surface area contributed by atoms with Gasteiger partial charge in [0.05, 0.1) is 5.56 Å². The van der Waals surface area contributed by atoms with Crippen molar-refractivity contribution in [3.8, 4) is 0 Å². The van der Waals surface area contributed by atoms with Gasteiger partial charge in [0, 0.05) is 0 Å². The lowest BCUT2D eigenvalue weighted by Gasteiger charge is -1.95. The maximum absolute atomic E-state index is 11.0. The highest BCUT2D eigenvalue weighted by atomic mass is 16.7. The standard InChI is InChI=1S/C8H5NO5/c10-7(14-8(11)9(12)13)6-4-2-1-3-5-6/h1-5H. The Morgan fingerprint density at radius 3 is 2.29 bits per heavy atom. The minimum absolute atomic E-state index is 0.0858. The zero-order chi connectivity index (χ0) is 10.6. The maximum Gasteiger partial charge on any atom is 0.664 e. The third kappa shape index (κ3) is 2.37. The average molecular weight is 195 g/mol. The van der Waals surface area contributed by atoms with E-state index in [-0.39, 0.29) is 5.56 Å². The predicted molar refractivity (Wildman–Crippen MR) is 44.2 cm³/mol. The average Bonchev–Trinajstić information content (AvgIpc) is 2.19. The molecule has 0 aliphatic rings. The van der Waals surface area contributed by atoms with E-state index in [1.807, 2.05) is 0 Å². The van der Waals surface area contributed by atoms with Gasteiger partial charge in [-0.2, -0.15) is 4.79 Å². The molecular formula is C8H5NO5. The Morgan fingerprint density at radius 1 is 1.21 bits per heavy atom. The number of hydrogen-bond acceptors (Lipinski definition) is 5. The fourth-order valence-electron chi connectivity index (χ4n) is 0.750. The highest BCUT2D eigenvalue weighted by Gasteiger charge is 2.22. The summed E-state index contributed by atoms with van der Waals surface area (Å²) in [6, 6.07) is 7.53. The molecule has 1 amide bonds. The fourth-order valence-corrected chi connectivity index (χ4v) is 0.750. The van der Waals surface area contributed by atoms with Crippen molar-refractivity contribution >= 4 is 12.1 Å². The van der Waals surface area contributed by atoms with E-state index in [2.05, 4.69) is 4.74 Å². The molecule has 0 aromatic heterocycles. The number of ether oxygens (including phenoxy) is 1. The molecule has 0 bridgehead atoms. The first kappa shape index (κ1) is 9.85. The molecule has 0 unspecified atom stereocenters. The summed E-state index contributed by atoms with van der Waals surface area (Å²) in [6.07, 6.45) is -1.78. The molecule has 0 aliphatic heterocycles. The van der Waals surface area contributed by atoms with Crippen LogP contribution >= 0.6 is 0 Å². The summed E-state index contributed by atoms with van der Waals surface area (Å²) >= 11 is 0.